The van der Waals surface area contributed by atoms with Crippen LogP contribution in [0, 0.1) is 6.92 Å². The van der Waals surface area contributed by atoms with Crippen LogP contribution in [0.1, 0.15) is 17.1 Å². The fourth-order valence-corrected chi connectivity index (χ4v) is 3.05. The summed E-state index contributed by atoms with van der Waals surface area (Å²) in [6.07, 6.45) is 1.80. The fraction of sp³-hybridized carbons (Fsp3) is 0.389. The topological polar surface area (TPSA) is 74.1 Å². The zero-order valence-corrected chi connectivity index (χ0v) is 14.4. The van der Waals surface area contributed by atoms with E-state index in [4.69, 9.17) is 4.52 Å². The van der Waals surface area contributed by atoms with Crippen molar-refractivity contribution in [2.75, 3.05) is 26.2 Å². The van der Waals surface area contributed by atoms with Gasteiger partial charge in [-0.25, -0.2) is 0 Å². The third-order valence-electron chi connectivity index (χ3n) is 4.55. The number of nitrogens with one attached hydrogen (secondary N) is 1. The highest BCUT2D eigenvalue weighted by Gasteiger charge is 2.19. The van der Waals surface area contributed by atoms with E-state index < -0.39 is 0 Å². The maximum absolute atomic E-state index is 5.43. The molecule has 0 spiro atoms. The third-order valence-corrected chi connectivity index (χ3v) is 4.55. The van der Waals surface area contributed by atoms with Crippen LogP contribution in [-0.4, -0.2) is 56.3 Å². The van der Waals surface area contributed by atoms with Crippen LogP contribution < -0.4 is 0 Å². The van der Waals surface area contributed by atoms with Crippen LogP contribution in [0.25, 0.3) is 11.4 Å². The number of piperazine rings is 1. The molecule has 0 atom stereocenters. The van der Waals surface area contributed by atoms with Crippen molar-refractivity contribution >= 4 is 0 Å². The number of hydrogen-bond donors (Lipinski definition) is 1. The van der Waals surface area contributed by atoms with Gasteiger partial charge in [0.25, 0.3) is 0 Å². The van der Waals surface area contributed by atoms with E-state index in [0.29, 0.717) is 18.3 Å². The Bertz CT molecular complexity index is 787. The van der Waals surface area contributed by atoms with Gasteiger partial charge in [-0.3, -0.25) is 14.9 Å². The molecule has 2 aromatic heterocycles. The minimum atomic E-state index is 0.660. The standard InChI is InChI=1S/C18H22N6O/c1-14-2-4-15(5-3-14)18-20-17(25-22-18)13-24-10-8-23(9-11-24)12-16-6-7-19-21-16/h2-7H,8-13H2,1H3,(H,19,21). The quantitative estimate of drug-likeness (QED) is 0.768. The van der Waals surface area contributed by atoms with Gasteiger partial charge >= 0.3 is 0 Å². The Morgan fingerprint density at radius 2 is 1.72 bits per heavy atom. The van der Waals surface area contributed by atoms with E-state index in [1.807, 2.05) is 18.2 Å². The molecule has 1 N–H and O–H groups in total. The van der Waals surface area contributed by atoms with E-state index in [-0.39, 0.29) is 0 Å². The molecule has 1 saturated heterocycles. The number of nitrogens with zero attached hydrogens (tertiary/aromatic N) is 5. The summed E-state index contributed by atoms with van der Waals surface area (Å²) in [6.45, 7) is 7.74. The maximum atomic E-state index is 5.43. The Hall–Kier alpha value is -2.51. The highest BCUT2D eigenvalue weighted by Crippen LogP contribution is 2.17. The second kappa shape index (κ2) is 7.16. The predicted octanol–water partition coefficient (Wildman–Crippen LogP) is 2.09. The Balaban J connectivity index is 1.31. The van der Waals surface area contributed by atoms with E-state index >= 15 is 0 Å². The van der Waals surface area contributed by atoms with Crippen molar-refractivity contribution in [3.05, 3.63) is 53.7 Å². The third kappa shape index (κ3) is 3.94. The monoisotopic (exact) mass is 338 g/mol. The van der Waals surface area contributed by atoms with Gasteiger partial charge in [0.1, 0.15) is 0 Å². The van der Waals surface area contributed by atoms with Crippen LogP contribution in [-0.2, 0) is 13.1 Å². The molecule has 3 aromatic rings. The van der Waals surface area contributed by atoms with E-state index in [9.17, 15) is 0 Å². The molecule has 25 heavy (non-hydrogen) atoms. The van der Waals surface area contributed by atoms with Gasteiger partial charge in [0.15, 0.2) is 0 Å². The lowest BCUT2D eigenvalue weighted by molar-refractivity contribution is 0.111. The number of aromatic nitrogens is 4. The molecule has 1 aliphatic rings. The lowest BCUT2D eigenvalue weighted by atomic mass is 10.1. The molecule has 1 fully saturated rings. The van der Waals surface area contributed by atoms with E-state index in [1.54, 1.807) is 6.20 Å². The van der Waals surface area contributed by atoms with Gasteiger partial charge in [0.2, 0.25) is 11.7 Å². The summed E-state index contributed by atoms with van der Waals surface area (Å²) >= 11 is 0. The second-order valence-electron chi connectivity index (χ2n) is 6.51. The summed E-state index contributed by atoms with van der Waals surface area (Å²) < 4.78 is 5.43. The minimum Gasteiger partial charge on any atom is -0.338 e. The normalized spacial score (nSPS) is 16.4. The van der Waals surface area contributed by atoms with Gasteiger partial charge < -0.3 is 4.52 Å². The van der Waals surface area contributed by atoms with Crippen molar-refractivity contribution in [3.63, 3.8) is 0 Å². The van der Waals surface area contributed by atoms with Crippen molar-refractivity contribution < 1.29 is 4.52 Å². The summed E-state index contributed by atoms with van der Waals surface area (Å²) in [5, 5.41) is 11.1. The summed E-state index contributed by atoms with van der Waals surface area (Å²) in [7, 11) is 0. The van der Waals surface area contributed by atoms with Gasteiger partial charge in [-0.05, 0) is 13.0 Å². The summed E-state index contributed by atoms with van der Waals surface area (Å²) in [6, 6.07) is 10.2. The molecule has 3 heterocycles. The Kier molecular flexibility index (Phi) is 4.58. The fourth-order valence-electron chi connectivity index (χ4n) is 3.05. The van der Waals surface area contributed by atoms with E-state index in [2.05, 4.69) is 49.2 Å². The zero-order valence-electron chi connectivity index (χ0n) is 14.4. The van der Waals surface area contributed by atoms with Gasteiger partial charge in [-0.2, -0.15) is 10.1 Å². The number of H-pyrrole nitrogens is 1. The number of benzene rings is 1. The second-order valence-corrected chi connectivity index (χ2v) is 6.51. The van der Waals surface area contributed by atoms with Crippen LogP contribution in [0.5, 0.6) is 0 Å². The van der Waals surface area contributed by atoms with Gasteiger partial charge in [-0.1, -0.05) is 35.0 Å². The smallest absolute Gasteiger partial charge is 0.241 e. The highest BCUT2D eigenvalue weighted by atomic mass is 16.5. The average Bonchev–Trinajstić information content (AvgIpc) is 3.29. The predicted molar refractivity (Wildman–Crippen MR) is 93.6 cm³/mol. The van der Waals surface area contributed by atoms with Crippen LogP contribution in [0.2, 0.25) is 0 Å². The minimum absolute atomic E-state index is 0.660. The molecule has 1 aromatic carbocycles. The zero-order chi connectivity index (χ0) is 17.1. The molecular weight excluding hydrogens is 316 g/mol. The van der Waals surface area contributed by atoms with Gasteiger partial charge in [-0.15, -0.1) is 0 Å². The molecule has 130 valence electrons. The molecule has 0 amide bonds. The lowest BCUT2D eigenvalue weighted by Gasteiger charge is -2.33. The molecular formula is C18H22N6O. The van der Waals surface area contributed by atoms with E-state index in [0.717, 1.165) is 44.0 Å². The van der Waals surface area contributed by atoms with Gasteiger partial charge in [0, 0.05) is 50.2 Å². The van der Waals surface area contributed by atoms with E-state index in [1.165, 1.54) is 5.56 Å². The summed E-state index contributed by atoms with van der Waals surface area (Å²) in [5.41, 5.74) is 3.37. The number of rotatable bonds is 5. The molecule has 7 nitrogen and oxygen atoms in total. The van der Waals surface area contributed by atoms with Crippen LogP contribution >= 0.6 is 0 Å². The van der Waals surface area contributed by atoms with Crippen LogP contribution in [0.15, 0.2) is 41.1 Å². The van der Waals surface area contributed by atoms with Gasteiger partial charge in [0.05, 0.1) is 6.54 Å². The van der Waals surface area contributed by atoms with Crippen molar-refractivity contribution in [2.24, 2.45) is 0 Å². The maximum Gasteiger partial charge on any atom is 0.241 e. The Labute approximate surface area is 146 Å². The first-order valence-electron chi connectivity index (χ1n) is 8.59. The summed E-state index contributed by atoms with van der Waals surface area (Å²) in [5.74, 6) is 1.34. The Morgan fingerprint density at radius 1 is 1.00 bits per heavy atom. The highest BCUT2D eigenvalue weighted by molar-refractivity contribution is 5.54. The molecule has 0 aliphatic carbocycles. The average molecular weight is 338 g/mol. The molecule has 0 radical (unpaired) electrons. The van der Waals surface area contributed by atoms with Crippen molar-refractivity contribution in [2.45, 2.75) is 20.0 Å². The largest absolute Gasteiger partial charge is 0.338 e. The molecule has 0 saturated carbocycles. The summed E-state index contributed by atoms with van der Waals surface area (Å²) in [4.78, 5) is 9.32. The first-order valence-corrected chi connectivity index (χ1v) is 8.59. The van der Waals surface area contributed by atoms with Crippen LogP contribution in [0.3, 0.4) is 0 Å². The molecule has 0 bridgehead atoms. The van der Waals surface area contributed by atoms with Crippen molar-refractivity contribution in [1.29, 1.82) is 0 Å². The first kappa shape index (κ1) is 16.0. The van der Waals surface area contributed by atoms with Crippen molar-refractivity contribution in [3.8, 4) is 11.4 Å². The molecule has 4 rings (SSSR count). The number of aromatic amines is 1. The molecule has 0 unspecified atom stereocenters. The van der Waals surface area contributed by atoms with Crippen LogP contribution in [0.4, 0.5) is 0 Å². The molecule has 1 aliphatic heterocycles. The lowest BCUT2D eigenvalue weighted by Crippen LogP contribution is -2.45. The molecule has 7 heteroatoms. The SMILES string of the molecule is Cc1ccc(-c2noc(CN3CCN(Cc4ccn[nH]4)CC3)n2)cc1. The van der Waals surface area contributed by atoms with Crippen molar-refractivity contribution in [1.82, 2.24) is 30.1 Å². The number of hydrogen-bond acceptors (Lipinski definition) is 6. The number of aryl methyl sites for hydroxylation is 1. The first-order chi connectivity index (χ1) is 12.3. The Morgan fingerprint density at radius 3 is 2.40 bits per heavy atom.